The van der Waals surface area contributed by atoms with Crippen molar-refractivity contribution >= 4 is 33.4 Å². The molecule has 3 aromatic rings. The highest BCUT2D eigenvalue weighted by Crippen LogP contribution is 2.32. The monoisotopic (exact) mass is 238 g/mol. The number of hydrogen-bond acceptors (Lipinski definition) is 4. The Morgan fingerprint density at radius 1 is 0.778 bits per heavy atom. The number of para-hydroxylation sites is 2. The van der Waals surface area contributed by atoms with Gasteiger partial charge >= 0.3 is 0 Å². The number of aryl methyl sites for hydroxylation is 1. The van der Waals surface area contributed by atoms with Crippen LogP contribution in [0.3, 0.4) is 0 Å². The lowest BCUT2D eigenvalue weighted by Crippen LogP contribution is -2.03. The molecule has 0 atom stereocenters. The van der Waals surface area contributed by atoms with Crippen LogP contribution < -0.4 is 11.5 Å². The van der Waals surface area contributed by atoms with E-state index in [4.69, 9.17) is 11.5 Å². The standard InChI is InChI=1S/C14H14N4/c1-7-8(2)13-14(12(16)11(7)15)18-10-6-4-3-5-9(10)17-13/h3-6H,15-16H2,1-2H3. The third-order valence-electron chi connectivity index (χ3n) is 3.44. The topological polar surface area (TPSA) is 77.8 Å². The van der Waals surface area contributed by atoms with Crippen LogP contribution in [0.1, 0.15) is 11.1 Å². The van der Waals surface area contributed by atoms with E-state index in [9.17, 15) is 0 Å². The molecule has 2 aromatic carbocycles. The lowest BCUT2D eigenvalue weighted by atomic mass is 10.0. The minimum absolute atomic E-state index is 0.520. The molecule has 1 aromatic heterocycles. The van der Waals surface area contributed by atoms with Gasteiger partial charge < -0.3 is 11.5 Å². The molecule has 0 spiro atoms. The molecule has 18 heavy (non-hydrogen) atoms. The van der Waals surface area contributed by atoms with Gasteiger partial charge in [0.2, 0.25) is 0 Å². The number of benzene rings is 2. The number of nitrogen functional groups attached to an aromatic ring is 2. The van der Waals surface area contributed by atoms with Gasteiger partial charge in [0.1, 0.15) is 5.52 Å². The van der Waals surface area contributed by atoms with E-state index in [1.165, 1.54) is 0 Å². The van der Waals surface area contributed by atoms with Gasteiger partial charge in [-0.15, -0.1) is 0 Å². The summed E-state index contributed by atoms with van der Waals surface area (Å²) in [6, 6.07) is 7.75. The maximum Gasteiger partial charge on any atom is 0.115 e. The maximum atomic E-state index is 6.05. The summed E-state index contributed by atoms with van der Waals surface area (Å²) in [5.74, 6) is 0. The summed E-state index contributed by atoms with van der Waals surface area (Å²) in [6.07, 6.45) is 0. The molecule has 0 radical (unpaired) electrons. The number of aromatic nitrogens is 2. The third-order valence-corrected chi connectivity index (χ3v) is 3.44. The SMILES string of the molecule is Cc1c(N)c(N)c2nc3ccccc3nc2c1C. The number of fused-ring (bicyclic) bond motifs is 2. The molecule has 0 amide bonds. The molecule has 4 nitrogen and oxygen atoms in total. The van der Waals surface area contributed by atoms with Crippen molar-refractivity contribution in [1.82, 2.24) is 9.97 Å². The Bertz CT molecular complexity index is 712. The van der Waals surface area contributed by atoms with E-state index in [2.05, 4.69) is 9.97 Å². The number of hydrogen-bond donors (Lipinski definition) is 2. The average Bonchev–Trinajstić information content (AvgIpc) is 2.41. The van der Waals surface area contributed by atoms with Crippen molar-refractivity contribution in [3.8, 4) is 0 Å². The Kier molecular flexibility index (Phi) is 2.13. The summed E-state index contributed by atoms with van der Waals surface area (Å²) >= 11 is 0. The quantitative estimate of drug-likeness (QED) is 0.466. The number of nitrogens with zero attached hydrogens (tertiary/aromatic N) is 2. The third kappa shape index (κ3) is 1.32. The largest absolute Gasteiger partial charge is 0.397 e. The van der Waals surface area contributed by atoms with Crippen LogP contribution in [0.4, 0.5) is 11.4 Å². The van der Waals surface area contributed by atoms with E-state index >= 15 is 0 Å². The minimum Gasteiger partial charge on any atom is -0.397 e. The summed E-state index contributed by atoms with van der Waals surface area (Å²) in [4.78, 5) is 9.21. The van der Waals surface area contributed by atoms with Crippen LogP contribution in [0.25, 0.3) is 22.1 Å². The molecular weight excluding hydrogens is 224 g/mol. The van der Waals surface area contributed by atoms with Crippen LogP contribution >= 0.6 is 0 Å². The fourth-order valence-corrected chi connectivity index (χ4v) is 2.16. The van der Waals surface area contributed by atoms with Gasteiger partial charge in [0.25, 0.3) is 0 Å². The van der Waals surface area contributed by atoms with Gasteiger partial charge in [0.05, 0.1) is 27.9 Å². The van der Waals surface area contributed by atoms with Crippen molar-refractivity contribution < 1.29 is 0 Å². The van der Waals surface area contributed by atoms with Gasteiger partial charge in [0, 0.05) is 0 Å². The van der Waals surface area contributed by atoms with Crippen molar-refractivity contribution in [3.05, 3.63) is 35.4 Å². The fraction of sp³-hybridized carbons (Fsp3) is 0.143. The lowest BCUT2D eigenvalue weighted by Gasteiger charge is -2.12. The van der Waals surface area contributed by atoms with Gasteiger partial charge in [-0.1, -0.05) is 12.1 Å². The van der Waals surface area contributed by atoms with E-state index in [1.54, 1.807) is 0 Å². The highest BCUT2D eigenvalue weighted by Gasteiger charge is 2.13. The Labute approximate surface area is 105 Å². The summed E-state index contributed by atoms with van der Waals surface area (Å²) in [5, 5.41) is 0. The molecule has 0 fully saturated rings. The Morgan fingerprint density at radius 3 is 1.94 bits per heavy atom. The van der Waals surface area contributed by atoms with Gasteiger partial charge in [-0.25, -0.2) is 9.97 Å². The van der Waals surface area contributed by atoms with Gasteiger partial charge in [0.15, 0.2) is 0 Å². The van der Waals surface area contributed by atoms with Crippen LogP contribution in [0.15, 0.2) is 24.3 Å². The molecule has 0 unspecified atom stereocenters. The zero-order valence-electron chi connectivity index (χ0n) is 10.4. The number of nitrogens with two attached hydrogens (primary N) is 2. The second-order valence-electron chi connectivity index (χ2n) is 4.49. The van der Waals surface area contributed by atoms with Crippen LogP contribution in [-0.2, 0) is 0 Å². The first-order valence-corrected chi connectivity index (χ1v) is 5.80. The Balaban J connectivity index is 2.58. The molecule has 0 aliphatic carbocycles. The predicted octanol–water partition coefficient (Wildman–Crippen LogP) is 2.56. The van der Waals surface area contributed by atoms with Crippen molar-refractivity contribution in [3.63, 3.8) is 0 Å². The van der Waals surface area contributed by atoms with E-state index in [1.807, 2.05) is 38.1 Å². The second kappa shape index (κ2) is 3.57. The van der Waals surface area contributed by atoms with E-state index in [-0.39, 0.29) is 0 Å². The molecule has 0 saturated carbocycles. The first-order valence-electron chi connectivity index (χ1n) is 5.80. The molecule has 4 N–H and O–H groups in total. The fourth-order valence-electron chi connectivity index (χ4n) is 2.16. The maximum absolute atomic E-state index is 6.05. The van der Waals surface area contributed by atoms with Crippen LogP contribution in [0.2, 0.25) is 0 Å². The molecule has 3 rings (SSSR count). The lowest BCUT2D eigenvalue weighted by molar-refractivity contribution is 1.31. The summed E-state index contributed by atoms with van der Waals surface area (Å²) in [6.45, 7) is 3.95. The second-order valence-corrected chi connectivity index (χ2v) is 4.49. The highest BCUT2D eigenvalue weighted by molar-refractivity contribution is 6.00. The predicted molar refractivity (Wildman–Crippen MR) is 75.3 cm³/mol. The summed E-state index contributed by atoms with van der Waals surface area (Å²) < 4.78 is 0. The zero-order chi connectivity index (χ0) is 12.9. The van der Waals surface area contributed by atoms with Crippen molar-refractivity contribution in [2.45, 2.75) is 13.8 Å². The molecule has 4 heteroatoms. The van der Waals surface area contributed by atoms with Gasteiger partial charge in [-0.05, 0) is 37.1 Å². The first-order chi connectivity index (χ1) is 8.59. The Hall–Kier alpha value is -2.36. The van der Waals surface area contributed by atoms with E-state index < -0.39 is 0 Å². The molecule has 0 aliphatic heterocycles. The molecule has 90 valence electrons. The molecule has 0 saturated heterocycles. The van der Waals surface area contributed by atoms with Crippen LogP contribution in [-0.4, -0.2) is 9.97 Å². The van der Waals surface area contributed by atoms with E-state index in [0.717, 1.165) is 27.7 Å². The van der Waals surface area contributed by atoms with E-state index in [0.29, 0.717) is 16.9 Å². The highest BCUT2D eigenvalue weighted by atomic mass is 14.8. The summed E-state index contributed by atoms with van der Waals surface area (Å²) in [7, 11) is 0. The first kappa shape index (κ1) is 10.8. The van der Waals surface area contributed by atoms with Crippen LogP contribution in [0, 0.1) is 13.8 Å². The zero-order valence-corrected chi connectivity index (χ0v) is 10.4. The van der Waals surface area contributed by atoms with Crippen molar-refractivity contribution in [2.75, 3.05) is 11.5 Å². The van der Waals surface area contributed by atoms with Crippen LogP contribution in [0.5, 0.6) is 0 Å². The van der Waals surface area contributed by atoms with Crippen molar-refractivity contribution in [1.29, 1.82) is 0 Å². The molecule has 0 aliphatic rings. The molecule has 1 heterocycles. The normalized spacial score (nSPS) is 11.2. The number of anilines is 2. The molecule has 0 bridgehead atoms. The minimum atomic E-state index is 0.520. The Morgan fingerprint density at radius 2 is 1.33 bits per heavy atom. The average molecular weight is 238 g/mol. The van der Waals surface area contributed by atoms with Gasteiger partial charge in [-0.2, -0.15) is 0 Å². The molecular formula is C14H14N4. The number of rotatable bonds is 0. The van der Waals surface area contributed by atoms with Crippen molar-refractivity contribution in [2.24, 2.45) is 0 Å². The smallest absolute Gasteiger partial charge is 0.115 e. The summed E-state index contributed by atoms with van der Waals surface area (Å²) in [5.41, 5.74) is 18.4. The van der Waals surface area contributed by atoms with Gasteiger partial charge in [-0.3, -0.25) is 0 Å².